The topological polar surface area (TPSA) is 35.5 Å². The molecule has 1 aliphatic rings. The Bertz CT molecular complexity index is 838. The SMILES string of the molecule is CCCCCc1ccc(-c2ccc(OCC3CCC(OC(=O)[C@@H](F)CCCC)CC3)cc2)cc1. The lowest BCUT2D eigenvalue weighted by Crippen LogP contribution is -2.30. The van der Waals surface area contributed by atoms with Crippen molar-refractivity contribution >= 4 is 5.97 Å². The van der Waals surface area contributed by atoms with Gasteiger partial charge in [0.05, 0.1) is 6.61 Å². The molecule has 1 aliphatic carbocycles. The number of esters is 1. The number of benzene rings is 2. The van der Waals surface area contributed by atoms with Gasteiger partial charge in [0.25, 0.3) is 0 Å². The monoisotopic (exact) mass is 468 g/mol. The zero-order valence-corrected chi connectivity index (χ0v) is 20.9. The quantitative estimate of drug-likeness (QED) is 0.220. The molecule has 0 saturated heterocycles. The molecule has 0 spiro atoms. The second-order valence-corrected chi connectivity index (χ2v) is 9.68. The summed E-state index contributed by atoms with van der Waals surface area (Å²) < 4.78 is 25.3. The van der Waals surface area contributed by atoms with E-state index in [4.69, 9.17) is 9.47 Å². The number of ether oxygens (including phenoxy) is 2. The zero-order chi connectivity index (χ0) is 24.2. The van der Waals surface area contributed by atoms with Crippen molar-refractivity contribution in [3.8, 4) is 16.9 Å². The van der Waals surface area contributed by atoms with Crippen LogP contribution >= 0.6 is 0 Å². The molecule has 0 heterocycles. The van der Waals surface area contributed by atoms with Crippen molar-refractivity contribution in [2.75, 3.05) is 6.61 Å². The van der Waals surface area contributed by atoms with E-state index >= 15 is 0 Å². The number of hydrogen-bond acceptors (Lipinski definition) is 3. The third-order valence-corrected chi connectivity index (χ3v) is 6.84. The molecule has 4 heteroatoms. The first-order valence-electron chi connectivity index (χ1n) is 13.3. The van der Waals surface area contributed by atoms with Crippen molar-refractivity contribution < 1.29 is 18.7 Å². The number of halogens is 1. The van der Waals surface area contributed by atoms with Crippen LogP contribution in [-0.2, 0) is 16.0 Å². The zero-order valence-electron chi connectivity index (χ0n) is 20.9. The van der Waals surface area contributed by atoms with Gasteiger partial charge < -0.3 is 9.47 Å². The van der Waals surface area contributed by atoms with Gasteiger partial charge in [-0.3, -0.25) is 0 Å². The molecule has 0 unspecified atom stereocenters. The predicted octanol–water partition coefficient (Wildman–Crippen LogP) is 8.10. The predicted molar refractivity (Wildman–Crippen MR) is 137 cm³/mol. The third-order valence-electron chi connectivity index (χ3n) is 6.84. The summed E-state index contributed by atoms with van der Waals surface area (Å²) in [6, 6.07) is 17.2. The lowest BCUT2D eigenvalue weighted by Gasteiger charge is -2.28. The summed E-state index contributed by atoms with van der Waals surface area (Å²) in [4.78, 5) is 11.9. The van der Waals surface area contributed by atoms with E-state index < -0.39 is 12.1 Å². The van der Waals surface area contributed by atoms with Gasteiger partial charge in [0.1, 0.15) is 11.9 Å². The molecule has 1 saturated carbocycles. The first kappa shape index (κ1) is 26.2. The maximum Gasteiger partial charge on any atom is 0.340 e. The summed E-state index contributed by atoms with van der Waals surface area (Å²) in [5.74, 6) is 0.639. The molecular weight excluding hydrogens is 427 g/mol. The molecule has 0 aliphatic heterocycles. The molecule has 0 bridgehead atoms. The third kappa shape index (κ3) is 8.45. The number of alkyl halides is 1. The highest BCUT2D eigenvalue weighted by Crippen LogP contribution is 2.29. The Hall–Kier alpha value is -2.36. The molecule has 1 atom stereocenters. The van der Waals surface area contributed by atoms with Crippen LogP contribution in [0, 0.1) is 5.92 Å². The first-order valence-corrected chi connectivity index (χ1v) is 13.3. The molecule has 34 heavy (non-hydrogen) atoms. The van der Waals surface area contributed by atoms with Gasteiger partial charge in [0.2, 0.25) is 0 Å². The van der Waals surface area contributed by atoms with E-state index in [9.17, 15) is 9.18 Å². The molecule has 186 valence electrons. The molecule has 0 N–H and O–H groups in total. The van der Waals surface area contributed by atoms with Gasteiger partial charge in [0, 0.05) is 0 Å². The number of unbranched alkanes of at least 4 members (excludes halogenated alkanes) is 3. The molecule has 0 aromatic heterocycles. The van der Waals surface area contributed by atoms with Crippen LogP contribution in [0.1, 0.15) is 83.6 Å². The smallest absolute Gasteiger partial charge is 0.340 e. The van der Waals surface area contributed by atoms with Crippen molar-refractivity contribution in [3.05, 3.63) is 54.1 Å². The summed E-state index contributed by atoms with van der Waals surface area (Å²) in [5.41, 5.74) is 3.83. The van der Waals surface area contributed by atoms with Crippen molar-refractivity contribution in [1.82, 2.24) is 0 Å². The van der Waals surface area contributed by atoms with Gasteiger partial charge in [0.15, 0.2) is 6.17 Å². The van der Waals surface area contributed by atoms with Crippen molar-refractivity contribution in [3.63, 3.8) is 0 Å². The number of carbonyl (C=O) groups is 1. The Morgan fingerprint density at radius 1 is 0.882 bits per heavy atom. The number of aryl methyl sites for hydroxylation is 1. The molecular formula is C30H41FO3. The largest absolute Gasteiger partial charge is 0.493 e. The van der Waals surface area contributed by atoms with E-state index in [-0.39, 0.29) is 12.5 Å². The van der Waals surface area contributed by atoms with Crippen molar-refractivity contribution in [1.29, 1.82) is 0 Å². The van der Waals surface area contributed by atoms with Gasteiger partial charge in [-0.15, -0.1) is 0 Å². The van der Waals surface area contributed by atoms with E-state index in [1.165, 1.54) is 36.0 Å². The van der Waals surface area contributed by atoms with Crippen LogP contribution in [-0.4, -0.2) is 24.9 Å². The van der Waals surface area contributed by atoms with Gasteiger partial charge in [-0.05, 0) is 79.7 Å². The van der Waals surface area contributed by atoms with Crippen LogP contribution in [0.15, 0.2) is 48.5 Å². The highest BCUT2D eigenvalue weighted by atomic mass is 19.1. The normalized spacial score (nSPS) is 18.9. The maximum absolute atomic E-state index is 13.8. The number of rotatable bonds is 13. The van der Waals surface area contributed by atoms with Crippen molar-refractivity contribution in [2.24, 2.45) is 5.92 Å². The minimum Gasteiger partial charge on any atom is -0.493 e. The second-order valence-electron chi connectivity index (χ2n) is 9.68. The van der Waals surface area contributed by atoms with Crippen LogP contribution < -0.4 is 4.74 Å². The van der Waals surface area contributed by atoms with E-state index in [1.54, 1.807) is 0 Å². The molecule has 0 radical (unpaired) electrons. The molecule has 0 amide bonds. The summed E-state index contributed by atoms with van der Waals surface area (Å²) in [7, 11) is 0. The highest BCUT2D eigenvalue weighted by Gasteiger charge is 2.27. The van der Waals surface area contributed by atoms with E-state index in [1.807, 2.05) is 19.1 Å². The summed E-state index contributed by atoms with van der Waals surface area (Å²) in [6.07, 6.45) is 8.63. The fourth-order valence-corrected chi connectivity index (χ4v) is 4.56. The molecule has 2 aromatic carbocycles. The van der Waals surface area contributed by atoms with Gasteiger partial charge in [-0.25, -0.2) is 9.18 Å². The van der Waals surface area contributed by atoms with Gasteiger partial charge in [-0.1, -0.05) is 75.9 Å². The Morgan fingerprint density at radius 2 is 1.50 bits per heavy atom. The van der Waals surface area contributed by atoms with Crippen LogP contribution in [0.2, 0.25) is 0 Å². The van der Waals surface area contributed by atoms with E-state index in [0.29, 0.717) is 18.9 Å². The lowest BCUT2D eigenvalue weighted by atomic mass is 9.88. The number of hydrogen-bond donors (Lipinski definition) is 0. The minimum atomic E-state index is -1.48. The van der Waals surface area contributed by atoms with Crippen LogP contribution in [0.4, 0.5) is 4.39 Å². The minimum absolute atomic E-state index is 0.152. The van der Waals surface area contributed by atoms with Gasteiger partial charge >= 0.3 is 5.97 Å². The van der Waals surface area contributed by atoms with E-state index in [2.05, 4.69) is 43.3 Å². The van der Waals surface area contributed by atoms with Crippen LogP contribution in [0.25, 0.3) is 11.1 Å². The summed E-state index contributed by atoms with van der Waals surface area (Å²) in [6.45, 7) is 4.89. The Morgan fingerprint density at radius 3 is 2.12 bits per heavy atom. The average molecular weight is 469 g/mol. The standard InChI is InChI=1S/C30H41FO3/c1-3-5-7-8-23-10-14-25(15-11-23)26-16-20-27(21-17-26)33-22-24-12-18-28(19-13-24)34-30(32)29(31)9-6-4-2/h10-11,14-17,20-21,24,28-29H,3-9,12-13,18-19,22H2,1-2H3/t24?,28?,29-/m0/s1. The lowest BCUT2D eigenvalue weighted by molar-refractivity contribution is -0.157. The molecule has 3 nitrogen and oxygen atoms in total. The average Bonchev–Trinajstić information content (AvgIpc) is 2.87. The maximum atomic E-state index is 13.8. The molecule has 1 fully saturated rings. The fourth-order valence-electron chi connectivity index (χ4n) is 4.56. The Labute approximate surface area is 205 Å². The van der Waals surface area contributed by atoms with E-state index in [0.717, 1.165) is 44.3 Å². The second kappa shape index (κ2) is 14.1. The Balaban J connectivity index is 1.38. The molecule has 2 aromatic rings. The van der Waals surface area contributed by atoms with Crippen molar-refractivity contribution in [2.45, 2.75) is 96.8 Å². The first-order chi connectivity index (χ1) is 16.6. The molecule has 3 rings (SSSR count). The summed E-state index contributed by atoms with van der Waals surface area (Å²) in [5, 5.41) is 0. The number of carbonyl (C=O) groups excluding carboxylic acids is 1. The van der Waals surface area contributed by atoms with Gasteiger partial charge in [-0.2, -0.15) is 0 Å². The fraction of sp³-hybridized carbons (Fsp3) is 0.567. The highest BCUT2D eigenvalue weighted by molar-refractivity contribution is 5.74. The van der Waals surface area contributed by atoms with Crippen LogP contribution in [0.3, 0.4) is 0 Å². The summed E-state index contributed by atoms with van der Waals surface area (Å²) >= 11 is 0. The Kier molecular flexibility index (Phi) is 10.9. The van der Waals surface area contributed by atoms with Crippen LogP contribution in [0.5, 0.6) is 5.75 Å².